The van der Waals surface area contributed by atoms with Crippen LogP contribution in [0.5, 0.6) is 0 Å². The Bertz CT molecular complexity index is 1010. The van der Waals surface area contributed by atoms with Crippen molar-refractivity contribution in [1.82, 2.24) is 24.8 Å². The summed E-state index contributed by atoms with van der Waals surface area (Å²) < 4.78 is 1.90. The first-order valence-electron chi connectivity index (χ1n) is 8.93. The van der Waals surface area contributed by atoms with Gasteiger partial charge in [0.2, 0.25) is 0 Å². The largest absolute Gasteiger partial charge is 0.336 e. The monoisotopic (exact) mass is 363 g/mol. The predicted molar refractivity (Wildman–Crippen MR) is 102 cm³/mol. The average Bonchev–Trinajstić information content (AvgIpc) is 3.14. The van der Waals surface area contributed by atoms with Gasteiger partial charge in [-0.1, -0.05) is 30.3 Å². The first-order valence-corrected chi connectivity index (χ1v) is 8.93. The van der Waals surface area contributed by atoms with E-state index >= 15 is 0 Å². The number of aryl methyl sites for hydroxylation is 1. The van der Waals surface area contributed by atoms with E-state index in [1.54, 1.807) is 23.2 Å². The van der Waals surface area contributed by atoms with Crippen LogP contribution in [0, 0.1) is 0 Å². The molecule has 0 radical (unpaired) electrons. The van der Waals surface area contributed by atoms with E-state index in [-0.39, 0.29) is 23.1 Å². The maximum atomic E-state index is 13.1. The van der Waals surface area contributed by atoms with Crippen molar-refractivity contribution in [2.75, 3.05) is 19.6 Å². The van der Waals surface area contributed by atoms with Crippen molar-refractivity contribution in [2.45, 2.75) is 6.04 Å². The summed E-state index contributed by atoms with van der Waals surface area (Å²) in [7, 11) is 1.90. The molecule has 0 saturated carbocycles. The number of H-pyrrole nitrogens is 1. The number of hydrogen-bond donors (Lipinski definition) is 2. The van der Waals surface area contributed by atoms with E-state index in [1.165, 1.54) is 0 Å². The molecule has 1 atom stereocenters. The van der Waals surface area contributed by atoms with Gasteiger partial charge in [0.25, 0.3) is 11.5 Å². The molecule has 1 aliphatic heterocycles. The Balaban J connectivity index is 1.65. The minimum Gasteiger partial charge on any atom is -0.336 e. The van der Waals surface area contributed by atoms with Gasteiger partial charge in [0, 0.05) is 44.8 Å². The van der Waals surface area contributed by atoms with Gasteiger partial charge < -0.3 is 19.8 Å². The minimum atomic E-state index is -0.376. The molecule has 2 N–H and O–H groups in total. The molecule has 2 aromatic heterocycles. The Morgan fingerprint density at radius 3 is 2.70 bits per heavy atom. The number of aromatic nitrogens is 3. The molecule has 7 heteroatoms. The van der Waals surface area contributed by atoms with Crippen LogP contribution in [0.1, 0.15) is 22.2 Å². The third-order valence-electron chi connectivity index (χ3n) is 4.89. The normalized spacial score (nSPS) is 17.1. The molecule has 0 spiro atoms. The maximum Gasteiger partial charge on any atom is 0.261 e. The SMILES string of the molecule is Cn1ccnc1C1CNCCN1C(=O)c1ccc(-c2ccccc2)[nH]c1=O. The maximum absolute atomic E-state index is 13.1. The molecule has 7 nitrogen and oxygen atoms in total. The number of aromatic amines is 1. The number of benzene rings is 1. The number of carbonyl (C=O) groups is 1. The first kappa shape index (κ1) is 17.2. The van der Waals surface area contributed by atoms with Gasteiger partial charge in [0.1, 0.15) is 17.4 Å². The zero-order valence-corrected chi connectivity index (χ0v) is 15.1. The molecular formula is C20H21N5O2. The number of hydrogen-bond acceptors (Lipinski definition) is 4. The molecule has 4 rings (SSSR count). The topological polar surface area (TPSA) is 83.0 Å². The lowest BCUT2D eigenvalue weighted by Crippen LogP contribution is -2.50. The second-order valence-electron chi connectivity index (χ2n) is 6.60. The summed E-state index contributed by atoms with van der Waals surface area (Å²) in [6.07, 6.45) is 3.57. The zero-order valence-electron chi connectivity index (χ0n) is 15.1. The van der Waals surface area contributed by atoms with E-state index < -0.39 is 0 Å². The van der Waals surface area contributed by atoms with E-state index in [1.807, 2.05) is 48.1 Å². The molecule has 27 heavy (non-hydrogen) atoms. The molecule has 3 aromatic rings. The molecule has 1 saturated heterocycles. The molecule has 0 aliphatic carbocycles. The Morgan fingerprint density at radius 1 is 1.19 bits per heavy atom. The van der Waals surface area contributed by atoms with Crippen LogP contribution in [-0.2, 0) is 7.05 Å². The lowest BCUT2D eigenvalue weighted by Gasteiger charge is -2.35. The van der Waals surface area contributed by atoms with Crippen LogP contribution in [0.4, 0.5) is 0 Å². The van der Waals surface area contributed by atoms with Crippen LogP contribution in [0.2, 0.25) is 0 Å². The first-order chi connectivity index (χ1) is 13.1. The second-order valence-corrected chi connectivity index (χ2v) is 6.60. The van der Waals surface area contributed by atoms with Gasteiger partial charge in [0.15, 0.2) is 0 Å². The van der Waals surface area contributed by atoms with Gasteiger partial charge in [-0.2, -0.15) is 0 Å². The highest BCUT2D eigenvalue weighted by Crippen LogP contribution is 2.22. The highest BCUT2D eigenvalue weighted by molar-refractivity contribution is 5.94. The number of amides is 1. The quantitative estimate of drug-likeness (QED) is 0.740. The fourth-order valence-corrected chi connectivity index (χ4v) is 3.46. The average molecular weight is 363 g/mol. The summed E-state index contributed by atoms with van der Waals surface area (Å²) >= 11 is 0. The Kier molecular flexibility index (Phi) is 4.60. The summed E-state index contributed by atoms with van der Waals surface area (Å²) in [5, 5.41) is 3.30. The number of imidazole rings is 1. The highest BCUT2D eigenvalue weighted by atomic mass is 16.2. The van der Waals surface area contributed by atoms with Crippen molar-refractivity contribution in [3.8, 4) is 11.3 Å². The number of nitrogens with one attached hydrogen (secondary N) is 2. The molecule has 1 unspecified atom stereocenters. The highest BCUT2D eigenvalue weighted by Gasteiger charge is 2.32. The van der Waals surface area contributed by atoms with E-state index in [4.69, 9.17) is 0 Å². The van der Waals surface area contributed by atoms with Gasteiger partial charge in [-0.15, -0.1) is 0 Å². The van der Waals surface area contributed by atoms with Crippen molar-refractivity contribution in [1.29, 1.82) is 0 Å². The zero-order chi connectivity index (χ0) is 18.8. The predicted octanol–water partition coefficient (Wildman–Crippen LogP) is 1.56. The van der Waals surface area contributed by atoms with Crippen LogP contribution < -0.4 is 10.9 Å². The van der Waals surface area contributed by atoms with Crippen molar-refractivity contribution in [3.05, 3.63) is 76.6 Å². The fraction of sp³-hybridized carbons (Fsp3) is 0.250. The molecule has 0 bridgehead atoms. The molecule has 138 valence electrons. The Labute approximate surface area is 156 Å². The third kappa shape index (κ3) is 3.29. The van der Waals surface area contributed by atoms with Crippen molar-refractivity contribution >= 4 is 5.91 Å². The van der Waals surface area contributed by atoms with Crippen LogP contribution in [0.3, 0.4) is 0 Å². The Morgan fingerprint density at radius 2 is 2.00 bits per heavy atom. The molecule has 1 aliphatic rings. The molecular weight excluding hydrogens is 342 g/mol. The van der Waals surface area contributed by atoms with Gasteiger partial charge in [-0.3, -0.25) is 9.59 Å². The van der Waals surface area contributed by atoms with Crippen molar-refractivity contribution < 1.29 is 4.79 Å². The second kappa shape index (κ2) is 7.20. The standard InChI is InChI=1S/C20H21N5O2/c1-24-11-10-22-18(24)17-13-21-9-12-25(17)20(27)15-7-8-16(23-19(15)26)14-5-3-2-4-6-14/h2-8,10-11,17,21H,9,12-13H2,1H3,(H,23,26). The summed E-state index contributed by atoms with van der Waals surface area (Å²) in [5.41, 5.74) is 1.37. The number of pyridine rings is 1. The van der Waals surface area contributed by atoms with Gasteiger partial charge in [-0.05, 0) is 17.7 Å². The van der Waals surface area contributed by atoms with E-state index in [0.717, 1.165) is 11.4 Å². The van der Waals surface area contributed by atoms with Crippen LogP contribution in [-0.4, -0.2) is 45.0 Å². The van der Waals surface area contributed by atoms with Crippen LogP contribution in [0.25, 0.3) is 11.3 Å². The van der Waals surface area contributed by atoms with E-state index in [2.05, 4.69) is 15.3 Å². The Hall–Kier alpha value is -3.19. The summed E-state index contributed by atoms with van der Waals surface area (Å²) in [5.74, 6) is 0.526. The summed E-state index contributed by atoms with van der Waals surface area (Å²) in [4.78, 5) is 34.7. The third-order valence-corrected chi connectivity index (χ3v) is 4.89. The van der Waals surface area contributed by atoms with Crippen molar-refractivity contribution in [3.63, 3.8) is 0 Å². The van der Waals surface area contributed by atoms with Gasteiger partial charge in [0.05, 0.1) is 0 Å². The number of rotatable bonds is 3. The van der Waals surface area contributed by atoms with Gasteiger partial charge in [-0.25, -0.2) is 4.98 Å². The lowest BCUT2D eigenvalue weighted by atomic mass is 10.1. The molecule has 1 amide bonds. The van der Waals surface area contributed by atoms with Gasteiger partial charge >= 0.3 is 0 Å². The number of carbonyl (C=O) groups excluding carboxylic acids is 1. The summed E-state index contributed by atoms with van der Waals surface area (Å²) in [6.45, 7) is 1.82. The number of piperazine rings is 1. The molecule has 3 heterocycles. The summed E-state index contributed by atoms with van der Waals surface area (Å²) in [6, 6.07) is 12.8. The lowest BCUT2D eigenvalue weighted by molar-refractivity contribution is 0.0619. The van der Waals surface area contributed by atoms with Crippen molar-refractivity contribution in [2.24, 2.45) is 7.05 Å². The number of nitrogens with zero attached hydrogens (tertiary/aromatic N) is 3. The molecule has 1 fully saturated rings. The minimum absolute atomic E-state index is 0.149. The fourth-order valence-electron chi connectivity index (χ4n) is 3.46. The van der Waals surface area contributed by atoms with Crippen LogP contribution in [0.15, 0.2) is 59.7 Å². The van der Waals surface area contributed by atoms with Crippen LogP contribution >= 0.6 is 0 Å². The van der Waals surface area contributed by atoms with E-state index in [0.29, 0.717) is 25.3 Å². The van der Waals surface area contributed by atoms with E-state index in [9.17, 15) is 9.59 Å². The smallest absolute Gasteiger partial charge is 0.261 e. The molecule has 1 aromatic carbocycles.